The van der Waals surface area contributed by atoms with Crippen LogP contribution in [-0.4, -0.2) is 86.0 Å². The predicted molar refractivity (Wildman–Crippen MR) is 126 cm³/mol. The van der Waals surface area contributed by atoms with Gasteiger partial charge in [-0.25, -0.2) is 23.5 Å². The largest absolute Gasteiger partial charge is 0.465 e. The number of aliphatic hydroxyl groups excluding tert-OH is 1. The highest BCUT2D eigenvalue weighted by atomic mass is 32.1. The molecule has 2 aliphatic rings. The molecule has 0 aliphatic carbocycles. The molecule has 3 N–H and O–H groups in total. The Bertz CT molecular complexity index is 1160. The minimum absolute atomic E-state index is 0.0576. The fraction of sp³-hybridized carbons (Fsp3) is 0.565. The maximum Gasteiger partial charge on any atom is 0.404 e. The second kappa shape index (κ2) is 11.1. The Morgan fingerprint density at radius 1 is 1.29 bits per heavy atom. The van der Waals surface area contributed by atoms with Gasteiger partial charge in [-0.3, -0.25) is 9.69 Å². The van der Waals surface area contributed by atoms with E-state index >= 15 is 0 Å². The summed E-state index contributed by atoms with van der Waals surface area (Å²) in [6, 6.07) is 0.577. The molecular weight excluding hydrogens is 537 g/mol. The number of carbonyl (C=O) groups is 2. The number of thiophene rings is 1. The van der Waals surface area contributed by atoms with Gasteiger partial charge in [0, 0.05) is 36.9 Å². The van der Waals surface area contributed by atoms with Gasteiger partial charge in [0.1, 0.15) is 6.23 Å². The van der Waals surface area contributed by atoms with E-state index in [2.05, 4.69) is 15.3 Å². The first kappa shape index (κ1) is 28.1. The van der Waals surface area contributed by atoms with Crippen LogP contribution < -0.4 is 5.32 Å². The topological polar surface area (TPSA) is 119 Å². The van der Waals surface area contributed by atoms with Crippen molar-refractivity contribution in [2.45, 2.75) is 63.0 Å². The van der Waals surface area contributed by atoms with E-state index in [1.54, 1.807) is 16.8 Å². The van der Waals surface area contributed by atoms with Crippen molar-refractivity contribution in [1.82, 2.24) is 25.1 Å². The van der Waals surface area contributed by atoms with Gasteiger partial charge < -0.3 is 20.4 Å². The van der Waals surface area contributed by atoms with Crippen LogP contribution in [0.25, 0.3) is 11.4 Å². The quantitative estimate of drug-likeness (QED) is 0.443. The highest BCUT2D eigenvalue weighted by molar-refractivity contribution is 7.08. The van der Waals surface area contributed by atoms with E-state index in [0.717, 1.165) is 4.90 Å². The van der Waals surface area contributed by atoms with Crippen LogP contribution in [0.1, 0.15) is 36.2 Å². The fourth-order valence-corrected chi connectivity index (χ4v) is 5.36. The van der Waals surface area contributed by atoms with Crippen LogP contribution in [0, 0.1) is 0 Å². The number of fused-ring (bicyclic) bond motifs is 1. The molecule has 1 saturated heterocycles. The second-order valence-electron chi connectivity index (χ2n) is 9.44. The number of amides is 2. The van der Waals surface area contributed by atoms with Crippen LogP contribution in [-0.2, 0) is 24.2 Å². The number of nitrogens with one attached hydrogen (secondary N) is 1. The lowest BCUT2D eigenvalue weighted by molar-refractivity contribution is -0.139. The molecule has 38 heavy (non-hydrogen) atoms. The molecule has 0 aromatic carbocycles. The van der Waals surface area contributed by atoms with E-state index in [-0.39, 0.29) is 49.7 Å². The van der Waals surface area contributed by atoms with Crippen LogP contribution in [0.4, 0.5) is 26.7 Å². The van der Waals surface area contributed by atoms with Gasteiger partial charge in [0.25, 0.3) is 5.92 Å². The zero-order chi connectivity index (χ0) is 27.7. The molecule has 1 fully saturated rings. The van der Waals surface area contributed by atoms with Crippen molar-refractivity contribution in [2.24, 2.45) is 0 Å². The van der Waals surface area contributed by atoms with Crippen LogP contribution in [0.2, 0.25) is 0 Å². The maximum absolute atomic E-state index is 13.9. The number of carbonyl (C=O) groups excluding carboxylic acids is 1. The van der Waals surface area contributed by atoms with Gasteiger partial charge in [0.2, 0.25) is 5.91 Å². The Morgan fingerprint density at radius 3 is 2.71 bits per heavy atom. The van der Waals surface area contributed by atoms with Crippen molar-refractivity contribution < 1.29 is 41.8 Å². The fourth-order valence-electron chi connectivity index (χ4n) is 4.73. The molecule has 0 radical (unpaired) electrons. The van der Waals surface area contributed by atoms with Crippen LogP contribution in [0.5, 0.6) is 0 Å². The molecule has 2 aromatic rings. The van der Waals surface area contributed by atoms with Gasteiger partial charge >= 0.3 is 12.3 Å². The van der Waals surface area contributed by atoms with Crippen molar-refractivity contribution in [3.8, 4) is 11.4 Å². The Kier molecular flexibility index (Phi) is 8.18. The number of rotatable bonds is 7. The summed E-state index contributed by atoms with van der Waals surface area (Å²) in [6.07, 6.45) is -9.42. The number of alkyl halides is 5. The summed E-state index contributed by atoms with van der Waals surface area (Å²) >= 11 is 1.33. The van der Waals surface area contributed by atoms with Crippen molar-refractivity contribution >= 4 is 23.3 Å². The van der Waals surface area contributed by atoms with E-state index in [1.165, 1.54) is 16.2 Å². The van der Waals surface area contributed by atoms with Crippen LogP contribution in [0.15, 0.2) is 16.8 Å². The van der Waals surface area contributed by atoms with Crippen molar-refractivity contribution in [1.29, 1.82) is 0 Å². The Morgan fingerprint density at radius 2 is 2.05 bits per heavy atom. The molecule has 4 rings (SSSR count). The summed E-state index contributed by atoms with van der Waals surface area (Å²) in [5.74, 6) is -3.47. The first-order valence-corrected chi connectivity index (χ1v) is 12.8. The zero-order valence-corrected chi connectivity index (χ0v) is 20.9. The molecule has 15 heteroatoms. The van der Waals surface area contributed by atoms with Crippen molar-refractivity contribution in [3.05, 3.63) is 33.8 Å². The molecule has 2 aromatic heterocycles. The molecule has 9 nitrogen and oxygen atoms in total. The predicted octanol–water partition coefficient (Wildman–Crippen LogP) is 3.27. The number of aromatic nitrogens is 2. The third-order valence-electron chi connectivity index (χ3n) is 6.48. The summed E-state index contributed by atoms with van der Waals surface area (Å²) in [5, 5.41) is 24.9. The number of aliphatic hydroxyl groups is 1. The maximum atomic E-state index is 13.9. The standard InChI is InChI=1S/C23H26F5N5O4S/c24-22(25)4-1-18(34)33(12-22)9-14(29-21(36)37)7-19(35)32-5-2-15-16(8-23(26,27)28)30-20(31-17(15)10-32)13-3-6-38-11-13/h3,6,11,14,18,29,34H,1-2,4-5,7-10,12H2,(H,36,37)/t14-,18?/m0/s1. The molecule has 2 aliphatic heterocycles. The zero-order valence-electron chi connectivity index (χ0n) is 20.0. The van der Waals surface area contributed by atoms with E-state index < -0.39 is 62.2 Å². The molecule has 1 unspecified atom stereocenters. The van der Waals surface area contributed by atoms with E-state index in [4.69, 9.17) is 0 Å². The van der Waals surface area contributed by atoms with E-state index in [9.17, 15) is 41.8 Å². The number of likely N-dealkylation sites (tertiary alicyclic amines) is 1. The van der Waals surface area contributed by atoms with Gasteiger partial charge in [-0.15, -0.1) is 0 Å². The van der Waals surface area contributed by atoms with Gasteiger partial charge in [-0.05, 0) is 29.9 Å². The number of hydrogen-bond acceptors (Lipinski definition) is 7. The monoisotopic (exact) mass is 563 g/mol. The first-order valence-electron chi connectivity index (χ1n) is 11.8. The second-order valence-corrected chi connectivity index (χ2v) is 10.2. The van der Waals surface area contributed by atoms with Crippen molar-refractivity contribution in [2.75, 3.05) is 19.6 Å². The molecule has 0 bridgehead atoms. The first-order chi connectivity index (χ1) is 17.8. The van der Waals surface area contributed by atoms with E-state index in [1.807, 2.05) is 0 Å². The molecule has 4 heterocycles. The number of nitrogens with zero attached hydrogens (tertiary/aromatic N) is 4. The lowest BCUT2D eigenvalue weighted by atomic mass is 9.99. The average Bonchev–Trinajstić information content (AvgIpc) is 3.34. The summed E-state index contributed by atoms with van der Waals surface area (Å²) in [6.45, 7) is -1.15. The summed E-state index contributed by atoms with van der Waals surface area (Å²) in [4.78, 5) is 35.4. The van der Waals surface area contributed by atoms with Gasteiger partial charge in [-0.2, -0.15) is 24.5 Å². The van der Waals surface area contributed by atoms with Crippen LogP contribution in [0.3, 0.4) is 0 Å². The molecule has 2 atom stereocenters. The third kappa shape index (κ3) is 7.14. The molecule has 2 amide bonds. The molecule has 0 saturated carbocycles. The average molecular weight is 564 g/mol. The van der Waals surface area contributed by atoms with Crippen LogP contribution >= 0.6 is 11.3 Å². The SMILES string of the molecule is O=C(O)N[C@@H](CC(=O)N1CCc2c(nc(-c3ccsc3)nc2CC(F)(F)F)C1)CN1CC(F)(F)CCC1O. The Hall–Kier alpha value is -2.91. The molecule has 208 valence electrons. The number of carboxylic acid groups (broad SMARTS) is 1. The number of hydrogen-bond donors (Lipinski definition) is 3. The minimum atomic E-state index is -4.49. The Labute approximate surface area is 218 Å². The normalized spacial score (nSPS) is 20.6. The molecule has 0 spiro atoms. The number of piperidine rings is 1. The summed E-state index contributed by atoms with van der Waals surface area (Å²) in [5.41, 5.74) is 0.992. The lowest BCUT2D eigenvalue weighted by Gasteiger charge is -2.38. The lowest BCUT2D eigenvalue weighted by Crippen LogP contribution is -2.54. The highest BCUT2D eigenvalue weighted by Crippen LogP contribution is 2.31. The molecular formula is C23H26F5N5O4S. The third-order valence-corrected chi connectivity index (χ3v) is 7.16. The highest BCUT2D eigenvalue weighted by Gasteiger charge is 2.40. The summed E-state index contributed by atoms with van der Waals surface area (Å²) in [7, 11) is 0. The van der Waals surface area contributed by atoms with Crippen molar-refractivity contribution in [3.63, 3.8) is 0 Å². The minimum Gasteiger partial charge on any atom is -0.465 e. The van der Waals surface area contributed by atoms with Gasteiger partial charge in [0.15, 0.2) is 5.82 Å². The Balaban J connectivity index is 1.52. The van der Waals surface area contributed by atoms with Gasteiger partial charge in [0.05, 0.1) is 36.9 Å². The summed E-state index contributed by atoms with van der Waals surface area (Å²) < 4.78 is 67.5. The van der Waals surface area contributed by atoms with Gasteiger partial charge in [-0.1, -0.05) is 0 Å². The van der Waals surface area contributed by atoms with E-state index in [0.29, 0.717) is 11.1 Å². The number of halogens is 5. The smallest absolute Gasteiger partial charge is 0.404 e.